The Morgan fingerprint density at radius 2 is 1.89 bits per heavy atom. The van der Waals surface area contributed by atoms with Crippen molar-refractivity contribution in [2.45, 2.75) is 11.9 Å². The van der Waals surface area contributed by atoms with E-state index in [0.717, 1.165) is 0 Å². The number of hydrogen-bond acceptors (Lipinski definition) is 3. The zero-order valence-electron chi connectivity index (χ0n) is 9.64. The number of H-pyrrole nitrogens is 1. The molecule has 18 heavy (non-hydrogen) atoms. The number of aromatic amines is 1. The Balaban J connectivity index is 3.06. The lowest BCUT2D eigenvalue weighted by Crippen LogP contribution is -2.16. The maximum Gasteiger partial charge on any atom is 0.202 e. The van der Waals surface area contributed by atoms with Gasteiger partial charge in [0.2, 0.25) is 5.43 Å². The quantitative estimate of drug-likeness (QED) is 0.679. The molecule has 0 spiro atoms. The Morgan fingerprint density at radius 3 is 2.44 bits per heavy atom. The van der Waals surface area contributed by atoms with Gasteiger partial charge in [0.1, 0.15) is 0 Å². The molecule has 1 heterocycles. The summed E-state index contributed by atoms with van der Waals surface area (Å²) in [5, 5.41) is 1.44. The molecule has 1 N–H and O–H groups in total. The van der Waals surface area contributed by atoms with Gasteiger partial charge in [0, 0.05) is 0 Å². The zero-order valence-corrected chi connectivity index (χ0v) is 12.0. The lowest BCUT2D eigenvalue weighted by Gasteiger charge is -2.09. The second-order valence-electron chi connectivity index (χ2n) is 3.70. The molecule has 3 nitrogen and oxygen atoms in total. The van der Waals surface area contributed by atoms with Gasteiger partial charge in [0.05, 0.1) is 31.5 Å². The Labute approximate surface area is 117 Å². The number of ketones is 1. The van der Waals surface area contributed by atoms with E-state index >= 15 is 0 Å². The summed E-state index contributed by atoms with van der Waals surface area (Å²) in [6.45, 7) is 1.36. The summed E-state index contributed by atoms with van der Waals surface area (Å²) in [7, 11) is 0. The van der Waals surface area contributed by atoms with Crippen LogP contribution in [0.15, 0.2) is 22.0 Å². The summed E-state index contributed by atoms with van der Waals surface area (Å²) in [4.78, 5) is 26.9. The number of hydrogen-bond donors (Lipinski definition) is 1. The summed E-state index contributed by atoms with van der Waals surface area (Å²) < 4.78 is 0. The van der Waals surface area contributed by atoms with Crippen LogP contribution in [-0.4, -0.2) is 17.0 Å². The van der Waals surface area contributed by atoms with Crippen molar-refractivity contribution in [1.82, 2.24) is 4.98 Å². The Bertz CT molecular complexity index is 709. The third-order valence-corrected chi connectivity index (χ3v) is 3.92. The first-order valence-corrected chi connectivity index (χ1v) is 7.04. The molecule has 0 aliphatic heterocycles. The predicted molar refractivity (Wildman–Crippen MR) is 76.4 cm³/mol. The van der Waals surface area contributed by atoms with Gasteiger partial charge in [0.25, 0.3) is 0 Å². The summed E-state index contributed by atoms with van der Waals surface area (Å²) in [5.41, 5.74) is 0.204. The van der Waals surface area contributed by atoms with Gasteiger partial charge in [-0.05, 0) is 25.3 Å². The van der Waals surface area contributed by atoms with Gasteiger partial charge in [-0.2, -0.15) is 0 Å². The molecule has 2 aromatic rings. The summed E-state index contributed by atoms with van der Waals surface area (Å²) >= 11 is 13.3. The van der Waals surface area contributed by atoms with Gasteiger partial charge >= 0.3 is 0 Å². The predicted octanol–water partition coefficient (Wildman–Crippen LogP) is 3.76. The Kier molecular flexibility index (Phi) is 3.71. The summed E-state index contributed by atoms with van der Waals surface area (Å²) in [5.74, 6) is -0.293. The van der Waals surface area contributed by atoms with E-state index in [2.05, 4.69) is 4.98 Å². The molecule has 0 bridgehead atoms. The topological polar surface area (TPSA) is 49.9 Å². The van der Waals surface area contributed by atoms with Crippen LogP contribution < -0.4 is 5.43 Å². The molecule has 0 radical (unpaired) electrons. The SMILES string of the molecule is CSc1[nH]c2c(Cl)ccc(Cl)c2c(=O)c1C(C)=O. The third-order valence-electron chi connectivity index (χ3n) is 2.58. The maximum atomic E-state index is 12.3. The second-order valence-corrected chi connectivity index (χ2v) is 5.33. The van der Waals surface area contributed by atoms with Crippen molar-refractivity contribution in [3.63, 3.8) is 0 Å². The maximum absolute atomic E-state index is 12.3. The fourth-order valence-electron chi connectivity index (χ4n) is 1.77. The highest BCUT2D eigenvalue weighted by Crippen LogP contribution is 2.29. The number of fused-ring (bicyclic) bond motifs is 1. The molecule has 0 amide bonds. The normalized spacial score (nSPS) is 10.9. The number of nitrogens with one attached hydrogen (secondary N) is 1. The molecular formula is C12H9Cl2NO2S. The standard InChI is InChI=1S/C12H9Cl2NO2S/c1-5(16)8-11(17)9-6(13)3-4-7(14)10(9)15-12(8)18-2/h3-4H,1-2H3,(H,15,17). The van der Waals surface area contributed by atoms with Crippen molar-refractivity contribution < 1.29 is 4.79 Å². The number of pyridine rings is 1. The van der Waals surface area contributed by atoms with Crippen molar-refractivity contribution in [3.05, 3.63) is 38.0 Å². The third kappa shape index (κ3) is 2.05. The monoisotopic (exact) mass is 301 g/mol. The Hall–Kier alpha value is -0.970. The number of carbonyl (C=O) groups excluding carboxylic acids is 1. The van der Waals surface area contributed by atoms with Crippen LogP contribution in [-0.2, 0) is 0 Å². The second kappa shape index (κ2) is 4.96. The summed E-state index contributed by atoms with van der Waals surface area (Å²) in [6, 6.07) is 3.16. The van der Waals surface area contributed by atoms with Crippen molar-refractivity contribution in [3.8, 4) is 0 Å². The van der Waals surface area contributed by atoms with E-state index in [1.807, 2.05) is 0 Å². The molecule has 2 rings (SSSR count). The van der Waals surface area contributed by atoms with Gasteiger partial charge in [-0.1, -0.05) is 23.2 Å². The minimum Gasteiger partial charge on any atom is -0.348 e. The van der Waals surface area contributed by atoms with Gasteiger partial charge < -0.3 is 4.98 Å². The first-order valence-electron chi connectivity index (χ1n) is 5.06. The van der Waals surface area contributed by atoms with Gasteiger partial charge in [-0.15, -0.1) is 11.8 Å². The molecule has 0 fully saturated rings. The lowest BCUT2D eigenvalue weighted by molar-refractivity contribution is 0.101. The first-order chi connectivity index (χ1) is 8.47. The molecule has 0 saturated heterocycles. The highest BCUT2D eigenvalue weighted by molar-refractivity contribution is 7.98. The highest BCUT2D eigenvalue weighted by atomic mass is 35.5. The molecule has 0 aliphatic rings. The number of halogens is 2. The van der Waals surface area contributed by atoms with Crippen LogP contribution in [0.5, 0.6) is 0 Å². The van der Waals surface area contributed by atoms with E-state index < -0.39 is 0 Å². The van der Waals surface area contributed by atoms with Crippen molar-refractivity contribution in [2.24, 2.45) is 0 Å². The molecule has 0 atom stereocenters. The molecule has 0 aliphatic carbocycles. The number of carbonyl (C=O) groups is 1. The minimum absolute atomic E-state index is 0.124. The molecule has 0 unspecified atom stereocenters. The molecular weight excluding hydrogens is 293 g/mol. The number of Topliss-reactive ketones (excluding diaryl/α,β-unsaturated/α-hetero) is 1. The van der Waals surface area contributed by atoms with Gasteiger partial charge in [-0.3, -0.25) is 9.59 Å². The van der Waals surface area contributed by atoms with E-state index in [0.29, 0.717) is 15.6 Å². The average molecular weight is 302 g/mol. The largest absolute Gasteiger partial charge is 0.348 e. The number of aromatic nitrogens is 1. The minimum atomic E-state index is -0.381. The van der Waals surface area contributed by atoms with Crippen molar-refractivity contribution >= 4 is 51.6 Å². The van der Waals surface area contributed by atoms with Crippen molar-refractivity contribution in [2.75, 3.05) is 6.26 Å². The molecule has 1 aromatic heterocycles. The zero-order chi connectivity index (χ0) is 13.4. The van der Waals surface area contributed by atoms with Crippen LogP contribution >= 0.6 is 35.0 Å². The molecule has 94 valence electrons. The average Bonchev–Trinajstić information content (AvgIpc) is 2.32. The molecule has 6 heteroatoms. The van der Waals surface area contributed by atoms with Crippen LogP contribution in [0.4, 0.5) is 0 Å². The molecule has 1 aromatic carbocycles. The van der Waals surface area contributed by atoms with E-state index in [9.17, 15) is 9.59 Å². The highest BCUT2D eigenvalue weighted by Gasteiger charge is 2.18. The van der Waals surface area contributed by atoms with Crippen LogP contribution in [0.3, 0.4) is 0 Å². The number of thioether (sulfide) groups is 1. The van der Waals surface area contributed by atoms with Crippen LogP contribution in [0.25, 0.3) is 10.9 Å². The number of benzene rings is 1. The smallest absolute Gasteiger partial charge is 0.202 e. The first kappa shape index (κ1) is 13.5. The van der Waals surface area contributed by atoms with Crippen LogP contribution in [0.1, 0.15) is 17.3 Å². The fourth-order valence-corrected chi connectivity index (χ4v) is 2.87. The van der Waals surface area contributed by atoms with E-state index in [-0.39, 0.29) is 27.2 Å². The lowest BCUT2D eigenvalue weighted by atomic mass is 10.1. The van der Waals surface area contributed by atoms with Gasteiger partial charge in [0.15, 0.2) is 5.78 Å². The Morgan fingerprint density at radius 1 is 1.28 bits per heavy atom. The van der Waals surface area contributed by atoms with E-state index in [4.69, 9.17) is 23.2 Å². The van der Waals surface area contributed by atoms with E-state index in [1.54, 1.807) is 18.4 Å². The summed E-state index contributed by atoms with van der Waals surface area (Å²) in [6.07, 6.45) is 1.78. The fraction of sp³-hybridized carbons (Fsp3) is 0.167. The number of rotatable bonds is 2. The van der Waals surface area contributed by atoms with Crippen LogP contribution in [0, 0.1) is 0 Å². The van der Waals surface area contributed by atoms with Gasteiger partial charge in [-0.25, -0.2) is 0 Å². The molecule has 0 saturated carbocycles. The van der Waals surface area contributed by atoms with E-state index in [1.165, 1.54) is 18.7 Å². The van der Waals surface area contributed by atoms with Crippen LogP contribution in [0.2, 0.25) is 10.0 Å². The van der Waals surface area contributed by atoms with Crippen molar-refractivity contribution in [1.29, 1.82) is 0 Å².